The molecule has 0 amide bonds. The Kier molecular flexibility index (Phi) is 3.65. The number of aromatic nitrogens is 1. The van der Waals surface area contributed by atoms with E-state index in [1.807, 2.05) is 31.2 Å². The SMILES string of the molecule is Cc1cccc2c(/C=C/C(=O)O)cc(C(C)C)nc12. The van der Waals surface area contributed by atoms with E-state index in [-0.39, 0.29) is 0 Å². The zero-order valence-corrected chi connectivity index (χ0v) is 11.3. The molecule has 19 heavy (non-hydrogen) atoms. The van der Waals surface area contributed by atoms with E-state index in [0.29, 0.717) is 5.92 Å². The van der Waals surface area contributed by atoms with Crippen LogP contribution in [0.25, 0.3) is 17.0 Å². The number of carboxylic acid groups (broad SMARTS) is 1. The highest BCUT2D eigenvalue weighted by molar-refractivity contribution is 5.94. The van der Waals surface area contributed by atoms with E-state index < -0.39 is 5.97 Å². The van der Waals surface area contributed by atoms with E-state index >= 15 is 0 Å². The molecule has 0 aliphatic rings. The Balaban J connectivity index is 2.72. The van der Waals surface area contributed by atoms with Crippen LogP contribution >= 0.6 is 0 Å². The number of nitrogens with zero attached hydrogens (tertiary/aromatic N) is 1. The van der Waals surface area contributed by atoms with Gasteiger partial charge in [-0.2, -0.15) is 0 Å². The van der Waals surface area contributed by atoms with Gasteiger partial charge in [0.05, 0.1) is 5.52 Å². The Bertz CT molecular complexity index is 657. The molecule has 0 atom stereocenters. The van der Waals surface area contributed by atoms with Gasteiger partial charge in [-0.15, -0.1) is 0 Å². The lowest BCUT2D eigenvalue weighted by atomic mass is 10.0. The first-order chi connectivity index (χ1) is 8.99. The van der Waals surface area contributed by atoms with Crippen LogP contribution in [0.1, 0.15) is 36.6 Å². The van der Waals surface area contributed by atoms with Crippen LogP contribution in [0, 0.1) is 6.92 Å². The third kappa shape index (κ3) is 2.81. The predicted molar refractivity (Wildman–Crippen MR) is 77.2 cm³/mol. The van der Waals surface area contributed by atoms with Crippen molar-refractivity contribution in [3.8, 4) is 0 Å². The topological polar surface area (TPSA) is 50.2 Å². The summed E-state index contributed by atoms with van der Waals surface area (Å²) in [4.78, 5) is 15.4. The fourth-order valence-corrected chi connectivity index (χ4v) is 2.03. The molecule has 0 bridgehead atoms. The lowest BCUT2D eigenvalue weighted by Gasteiger charge is -2.11. The van der Waals surface area contributed by atoms with Gasteiger partial charge in [0.1, 0.15) is 0 Å². The molecule has 1 N–H and O–H groups in total. The van der Waals surface area contributed by atoms with E-state index in [1.54, 1.807) is 6.08 Å². The Hall–Kier alpha value is -2.16. The van der Waals surface area contributed by atoms with Crippen molar-refractivity contribution in [1.82, 2.24) is 4.98 Å². The van der Waals surface area contributed by atoms with Crippen LogP contribution in [0.15, 0.2) is 30.3 Å². The van der Waals surface area contributed by atoms with Crippen molar-refractivity contribution >= 4 is 22.9 Å². The first-order valence-corrected chi connectivity index (χ1v) is 6.30. The van der Waals surface area contributed by atoms with E-state index in [4.69, 9.17) is 5.11 Å². The van der Waals surface area contributed by atoms with Gasteiger partial charge in [-0.05, 0) is 36.1 Å². The van der Waals surface area contributed by atoms with Crippen molar-refractivity contribution in [2.24, 2.45) is 0 Å². The van der Waals surface area contributed by atoms with Gasteiger partial charge in [0, 0.05) is 17.2 Å². The summed E-state index contributed by atoms with van der Waals surface area (Å²) < 4.78 is 0. The van der Waals surface area contributed by atoms with Gasteiger partial charge in [0.25, 0.3) is 0 Å². The molecule has 98 valence electrons. The van der Waals surface area contributed by atoms with Crippen molar-refractivity contribution in [2.45, 2.75) is 26.7 Å². The number of aryl methyl sites for hydroxylation is 1. The van der Waals surface area contributed by atoms with Gasteiger partial charge < -0.3 is 5.11 Å². The number of fused-ring (bicyclic) bond motifs is 1. The summed E-state index contributed by atoms with van der Waals surface area (Å²) in [7, 11) is 0. The monoisotopic (exact) mass is 255 g/mol. The maximum atomic E-state index is 10.7. The largest absolute Gasteiger partial charge is 0.478 e. The Morgan fingerprint density at radius 3 is 2.74 bits per heavy atom. The van der Waals surface area contributed by atoms with Crippen LogP contribution in [0.3, 0.4) is 0 Å². The van der Waals surface area contributed by atoms with E-state index in [0.717, 1.165) is 27.7 Å². The molecule has 2 aromatic rings. The van der Waals surface area contributed by atoms with Crippen molar-refractivity contribution in [3.63, 3.8) is 0 Å². The van der Waals surface area contributed by atoms with Crippen LogP contribution in [0.4, 0.5) is 0 Å². The lowest BCUT2D eigenvalue weighted by molar-refractivity contribution is -0.131. The molecular weight excluding hydrogens is 238 g/mol. The molecule has 0 spiro atoms. The molecular formula is C16H17NO2. The predicted octanol–water partition coefficient (Wildman–Crippen LogP) is 3.76. The molecule has 1 heterocycles. The van der Waals surface area contributed by atoms with Crippen molar-refractivity contribution in [2.75, 3.05) is 0 Å². The third-order valence-electron chi connectivity index (χ3n) is 3.09. The summed E-state index contributed by atoms with van der Waals surface area (Å²) in [5, 5.41) is 9.77. The summed E-state index contributed by atoms with van der Waals surface area (Å²) in [5.74, 6) is -0.635. The summed E-state index contributed by atoms with van der Waals surface area (Å²) in [6.45, 7) is 6.18. The number of hydrogen-bond acceptors (Lipinski definition) is 2. The number of aliphatic carboxylic acids is 1. The second-order valence-corrected chi connectivity index (χ2v) is 4.93. The molecule has 0 saturated carbocycles. The normalized spacial score (nSPS) is 11.6. The van der Waals surface area contributed by atoms with Crippen molar-refractivity contribution in [3.05, 3.63) is 47.2 Å². The zero-order chi connectivity index (χ0) is 14.0. The van der Waals surface area contributed by atoms with Gasteiger partial charge in [-0.1, -0.05) is 32.0 Å². The van der Waals surface area contributed by atoms with Gasteiger partial charge in [-0.3, -0.25) is 4.98 Å². The minimum Gasteiger partial charge on any atom is -0.478 e. The van der Waals surface area contributed by atoms with E-state index in [1.165, 1.54) is 6.08 Å². The third-order valence-corrected chi connectivity index (χ3v) is 3.09. The average Bonchev–Trinajstić information content (AvgIpc) is 2.36. The first-order valence-electron chi connectivity index (χ1n) is 6.30. The quantitative estimate of drug-likeness (QED) is 0.849. The number of carbonyl (C=O) groups is 1. The summed E-state index contributed by atoms with van der Waals surface area (Å²) >= 11 is 0. The summed E-state index contributed by atoms with van der Waals surface area (Å²) in [6, 6.07) is 7.92. The maximum Gasteiger partial charge on any atom is 0.328 e. The fraction of sp³-hybridized carbons (Fsp3) is 0.250. The maximum absolute atomic E-state index is 10.7. The van der Waals surface area contributed by atoms with Crippen LogP contribution < -0.4 is 0 Å². The molecule has 0 aliphatic carbocycles. The zero-order valence-electron chi connectivity index (χ0n) is 11.3. The van der Waals surface area contributed by atoms with Gasteiger partial charge in [0.15, 0.2) is 0 Å². The molecule has 0 unspecified atom stereocenters. The van der Waals surface area contributed by atoms with Crippen molar-refractivity contribution < 1.29 is 9.90 Å². The van der Waals surface area contributed by atoms with E-state index in [2.05, 4.69) is 18.8 Å². The Morgan fingerprint density at radius 2 is 2.11 bits per heavy atom. The molecule has 0 radical (unpaired) electrons. The number of benzene rings is 1. The molecule has 2 rings (SSSR count). The number of rotatable bonds is 3. The Morgan fingerprint density at radius 1 is 1.37 bits per heavy atom. The average molecular weight is 255 g/mol. The lowest BCUT2D eigenvalue weighted by Crippen LogP contribution is -1.97. The molecule has 1 aromatic heterocycles. The fourth-order valence-electron chi connectivity index (χ4n) is 2.03. The smallest absolute Gasteiger partial charge is 0.328 e. The van der Waals surface area contributed by atoms with Crippen molar-refractivity contribution in [1.29, 1.82) is 0 Å². The molecule has 3 heteroatoms. The van der Waals surface area contributed by atoms with E-state index in [9.17, 15) is 4.79 Å². The summed E-state index contributed by atoms with van der Waals surface area (Å²) in [5.41, 5.74) is 3.93. The highest BCUT2D eigenvalue weighted by Crippen LogP contribution is 2.25. The number of para-hydroxylation sites is 1. The Labute approximate surface area is 112 Å². The molecule has 0 aliphatic heterocycles. The highest BCUT2D eigenvalue weighted by atomic mass is 16.4. The number of carboxylic acids is 1. The first kappa shape index (κ1) is 13.3. The minimum atomic E-state index is -0.941. The minimum absolute atomic E-state index is 0.306. The number of hydrogen-bond donors (Lipinski definition) is 1. The molecule has 3 nitrogen and oxygen atoms in total. The van der Waals surface area contributed by atoms with Crippen LogP contribution in [-0.4, -0.2) is 16.1 Å². The van der Waals surface area contributed by atoms with Crippen LogP contribution in [-0.2, 0) is 4.79 Å². The molecule has 0 fully saturated rings. The van der Waals surface area contributed by atoms with Gasteiger partial charge in [0.2, 0.25) is 0 Å². The van der Waals surface area contributed by atoms with Crippen LogP contribution in [0.5, 0.6) is 0 Å². The van der Waals surface area contributed by atoms with Gasteiger partial charge in [-0.25, -0.2) is 4.79 Å². The molecule has 0 saturated heterocycles. The standard InChI is InChI=1S/C16H17NO2/c1-10(2)14-9-12(7-8-15(18)19)13-6-4-5-11(3)16(13)17-14/h4-10H,1-3H3,(H,18,19)/b8-7+. The second-order valence-electron chi connectivity index (χ2n) is 4.93. The second kappa shape index (κ2) is 5.22. The van der Waals surface area contributed by atoms with Gasteiger partial charge >= 0.3 is 5.97 Å². The summed E-state index contributed by atoms with van der Waals surface area (Å²) in [6.07, 6.45) is 2.80. The van der Waals surface area contributed by atoms with Crippen LogP contribution in [0.2, 0.25) is 0 Å². The molecule has 1 aromatic carbocycles. The highest BCUT2D eigenvalue weighted by Gasteiger charge is 2.08. The number of pyridine rings is 1.